The SMILES string of the molecule is CCCCCc1ccccc1C(N)=[Se]. The quantitative estimate of drug-likeness (QED) is 0.631. The number of aryl methyl sites for hydroxylation is 1. The van der Waals surface area contributed by atoms with Gasteiger partial charge in [0.05, 0.1) is 0 Å². The molecule has 2 heteroatoms. The number of unbranched alkanes of at least 4 members (excludes halogenated alkanes) is 2. The van der Waals surface area contributed by atoms with Crippen LogP contribution in [0.2, 0.25) is 0 Å². The second-order valence-electron chi connectivity index (χ2n) is 3.48. The minimum absolute atomic E-state index is 0.803. The number of hydrogen-bond donors (Lipinski definition) is 1. The van der Waals surface area contributed by atoms with Gasteiger partial charge in [-0.3, -0.25) is 0 Å². The average Bonchev–Trinajstić information content (AvgIpc) is 2.19. The van der Waals surface area contributed by atoms with Crippen molar-refractivity contribution in [2.24, 2.45) is 5.73 Å². The fraction of sp³-hybridized carbons (Fsp3) is 0.417. The van der Waals surface area contributed by atoms with Crippen LogP contribution >= 0.6 is 0 Å². The Balaban J connectivity index is 2.69. The number of rotatable bonds is 5. The first kappa shape index (κ1) is 11.5. The molecule has 0 saturated carbocycles. The maximum atomic E-state index is 5.78. The molecule has 76 valence electrons. The summed E-state index contributed by atoms with van der Waals surface area (Å²) in [6, 6.07) is 8.35. The van der Waals surface area contributed by atoms with Crippen molar-refractivity contribution in [2.45, 2.75) is 32.6 Å². The summed E-state index contributed by atoms with van der Waals surface area (Å²) in [6.07, 6.45) is 4.94. The average molecular weight is 254 g/mol. The molecule has 0 bridgehead atoms. The molecule has 14 heavy (non-hydrogen) atoms. The van der Waals surface area contributed by atoms with E-state index in [1.54, 1.807) is 0 Å². The number of nitrogens with two attached hydrogens (primary N) is 1. The molecule has 0 fully saturated rings. The second-order valence-corrected chi connectivity index (χ2v) is 4.40. The molecule has 0 unspecified atom stereocenters. The molecule has 0 aliphatic rings. The van der Waals surface area contributed by atoms with Gasteiger partial charge in [-0.2, -0.15) is 0 Å². The molecule has 0 aromatic heterocycles. The van der Waals surface area contributed by atoms with Gasteiger partial charge in [-0.25, -0.2) is 0 Å². The van der Waals surface area contributed by atoms with Crippen molar-refractivity contribution in [3.63, 3.8) is 0 Å². The molecule has 1 aromatic rings. The third-order valence-corrected chi connectivity index (χ3v) is 2.79. The van der Waals surface area contributed by atoms with Gasteiger partial charge in [-0.05, 0) is 0 Å². The third-order valence-electron chi connectivity index (χ3n) is 2.33. The van der Waals surface area contributed by atoms with Gasteiger partial charge >= 0.3 is 93.9 Å². The molecule has 1 aromatic carbocycles. The van der Waals surface area contributed by atoms with E-state index in [4.69, 9.17) is 5.73 Å². The third kappa shape index (κ3) is 3.28. The van der Waals surface area contributed by atoms with E-state index < -0.39 is 0 Å². The Bertz CT molecular complexity index is 307. The Hall–Kier alpha value is -0.591. The number of benzene rings is 1. The summed E-state index contributed by atoms with van der Waals surface area (Å²) in [4.78, 5) is 0. The number of hydrogen-bond acceptors (Lipinski definition) is 1. The van der Waals surface area contributed by atoms with E-state index in [1.165, 1.54) is 30.4 Å². The van der Waals surface area contributed by atoms with Gasteiger partial charge in [0.1, 0.15) is 0 Å². The van der Waals surface area contributed by atoms with Crippen molar-refractivity contribution < 1.29 is 0 Å². The van der Waals surface area contributed by atoms with Crippen molar-refractivity contribution in [2.75, 3.05) is 0 Å². The Morgan fingerprint density at radius 3 is 2.64 bits per heavy atom. The molecule has 1 nitrogen and oxygen atoms in total. The van der Waals surface area contributed by atoms with Crippen LogP contribution in [0.4, 0.5) is 0 Å². The molecule has 1 rings (SSSR count). The summed E-state index contributed by atoms with van der Waals surface area (Å²) in [6.45, 7) is 2.22. The van der Waals surface area contributed by atoms with Crippen molar-refractivity contribution in [1.29, 1.82) is 0 Å². The summed E-state index contributed by atoms with van der Waals surface area (Å²) in [5.41, 5.74) is 8.31. The van der Waals surface area contributed by atoms with Crippen LogP contribution in [0.1, 0.15) is 37.3 Å². The molecule has 0 heterocycles. The van der Waals surface area contributed by atoms with Gasteiger partial charge in [0, 0.05) is 0 Å². The molecule has 0 spiro atoms. The predicted octanol–water partition coefficient (Wildman–Crippen LogP) is 2.02. The predicted molar refractivity (Wildman–Crippen MR) is 63.7 cm³/mol. The molecule has 0 saturated heterocycles. The zero-order valence-electron chi connectivity index (χ0n) is 8.62. The fourth-order valence-electron chi connectivity index (χ4n) is 1.54. The minimum atomic E-state index is 0.803. The van der Waals surface area contributed by atoms with Crippen LogP contribution in [-0.2, 0) is 6.42 Å². The van der Waals surface area contributed by atoms with Gasteiger partial charge in [0.15, 0.2) is 0 Å². The first-order valence-electron chi connectivity index (χ1n) is 5.13. The van der Waals surface area contributed by atoms with Crippen LogP contribution in [-0.4, -0.2) is 20.1 Å². The first-order valence-corrected chi connectivity index (χ1v) is 5.99. The van der Waals surface area contributed by atoms with Crippen LogP contribution < -0.4 is 5.73 Å². The fourth-order valence-corrected chi connectivity index (χ4v) is 1.96. The monoisotopic (exact) mass is 255 g/mol. The Labute approximate surface area is 94.1 Å². The van der Waals surface area contributed by atoms with Crippen LogP contribution in [0, 0.1) is 0 Å². The Morgan fingerprint density at radius 1 is 1.29 bits per heavy atom. The summed E-state index contributed by atoms with van der Waals surface area (Å²) in [5.74, 6) is 0. The van der Waals surface area contributed by atoms with Crippen molar-refractivity contribution >= 4 is 20.1 Å². The summed E-state index contributed by atoms with van der Waals surface area (Å²) in [7, 11) is 0. The molecule has 0 amide bonds. The maximum absolute atomic E-state index is 5.78. The molecule has 2 N–H and O–H groups in total. The first-order chi connectivity index (χ1) is 6.75. The normalized spacial score (nSPS) is 10.1. The van der Waals surface area contributed by atoms with Crippen molar-refractivity contribution in [3.8, 4) is 0 Å². The van der Waals surface area contributed by atoms with Crippen LogP contribution in [0.3, 0.4) is 0 Å². The van der Waals surface area contributed by atoms with E-state index in [2.05, 4.69) is 40.7 Å². The zero-order valence-corrected chi connectivity index (χ0v) is 10.3. The van der Waals surface area contributed by atoms with E-state index >= 15 is 0 Å². The second kappa shape index (κ2) is 6.00. The summed E-state index contributed by atoms with van der Waals surface area (Å²) >= 11 is 2.88. The van der Waals surface area contributed by atoms with Crippen LogP contribution in [0.5, 0.6) is 0 Å². The standard InChI is InChI=1S/C12H17NSe/c1-2-3-4-7-10-8-5-6-9-11(10)12(13)14/h5-6,8-9H,2-4,7H2,1H3,(H2,13,14). The van der Waals surface area contributed by atoms with Gasteiger partial charge in [-0.15, -0.1) is 0 Å². The zero-order chi connectivity index (χ0) is 10.4. The molecular formula is C12H17NSe. The molecule has 0 aliphatic heterocycles. The Kier molecular flexibility index (Phi) is 4.92. The van der Waals surface area contributed by atoms with Crippen LogP contribution in [0.25, 0.3) is 0 Å². The van der Waals surface area contributed by atoms with E-state index in [-0.39, 0.29) is 0 Å². The molecule has 0 radical (unpaired) electrons. The van der Waals surface area contributed by atoms with E-state index in [9.17, 15) is 0 Å². The van der Waals surface area contributed by atoms with Gasteiger partial charge < -0.3 is 0 Å². The van der Waals surface area contributed by atoms with E-state index in [0.29, 0.717) is 0 Å². The summed E-state index contributed by atoms with van der Waals surface area (Å²) < 4.78 is 0.803. The Morgan fingerprint density at radius 2 is 2.00 bits per heavy atom. The summed E-state index contributed by atoms with van der Waals surface area (Å²) in [5, 5.41) is 0. The van der Waals surface area contributed by atoms with Gasteiger partial charge in [0.25, 0.3) is 0 Å². The van der Waals surface area contributed by atoms with E-state index in [0.717, 1.165) is 11.0 Å². The van der Waals surface area contributed by atoms with Crippen LogP contribution in [0.15, 0.2) is 24.3 Å². The molecule has 0 aliphatic carbocycles. The van der Waals surface area contributed by atoms with Crippen molar-refractivity contribution in [1.82, 2.24) is 0 Å². The van der Waals surface area contributed by atoms with Gasteiger partial charge in [-0.1, -0.05) is 0 Å². The van der Waals surface area contributed by atoms with Gasteiger partial charge in [0.2, 0.25) is 0 Å². The van der Waals surface area contributed by atoms with Crippen molar-refractivity contribution in [3.05, 3.63) is 35.4 Å². The molecule has 0 atom stereocenters. The molecular weight excluding hydrogens is 237 g/mol. The topological polar surface area (TPSA) is 26.0 Å². The van der Waals surface area contributed by atoms with E-state index in [1.807, 2.05) is 6.07 Å².